The number of nitrogens with zero attached hydrogens (tertiary/aromatic N) is 1. The maximum atomic E-state index is 12.7. The largest absolute Gasteiger partial charge is 0.328 e. The third-order valence-electron chi connectivity index (χ3n) is 4.97. The summed E-state index contributed by atoms with van der Waals surface area (Å²) in [6.07, 6.45) is 7.42. The van der Waals surface area contributed by atoms with Gasteiger partial charge in [-0.3, -0.25) is 9.10 Å². The highest BCUT2D eigenvalue weighted by molar-refractivity contribution is 8.13. The summed E-state index contributed by atoms with van der Waals surface area (Å²) in [5.74, 6) is 4.93. The average Bonchev–Trinajstić information content (AvgIpc) is 2.63. The molecule has 19 heavy (non-hydrogen) atoms. The Bertz CT molecular complexity index is 393. The Kier molecular flexibility index (Phi) is 3.98. The number of carbonyl (C=O) groups excluding carboxylic acids is 1. The summed E-state index contributed by atoms with van der Waals surface area (Å²) in [6, 6.07) is 0.692. The predicted molar refractivity (Wildman–Crippen MR) is 85.7 cm³/mol. The number of amides is 1. The first kappa shape index (κ1) is 14.0. The van der Waals surface area contributed by atoms with Crippen LogP contribution in [-0.2, 0) is 4.79 Å². The molecule has 1 aliphatic heterocycles. The van der Waals surface area contributed by atoms with Crippen molar-refractivity contribution in [2.24, 2.45) is 11.7 Å². The predicted octanol–water partition coefficient (Wildman–Crippen LogP) is 2.18. The normalized spacial score (nSPS) is 47.3. The summed E-state index contributed by atoms with van der Waals surface area (Å²) in [6.45, 7) is 0. The monoisotopic (exact) mass is 300 g/mol. The average molecular weight is 300 g/mol. The lowest BCUT2D eigenvalue weighted by Gasteiger charge is -2.34. The third kappa shape index (κ3) is 2.49. The molecule has 5 heteroatoms. The van der Waals surface area contributed by atoms with E-state index < -0.39 is 0 Å². The fraction of sp³-hybridized carbons (Fsp3) is 0.857. The standard InChI is InChI=1S/C14H24N2OS2/c1-19-13-8-9(15)2-7-12(13)14(17)16(19)10-3-5-11(18)6-4-10/h9-13,18H,1-8,15H2. The molecule has 2 aliphatic carbocycles. The summed E-state index contributed by atoms with van der Waals surface area (Å²) in [5.41, 5.74) is 6.08. The van der Waals surface area contributed by atoms with Gasteiger partial charge in [-0.1, -0.05) is 16.5 Å². The maximum Gasteiger partial charge on any atom is 0.236 e. The lowest BCUT2D eigenvalue weighted by Crippen LogP contribution is -2.38. The van der Waals surface area contributed by atoms with Crippen LogP contribution < -0.4 is 5.73 Å². The minimum Gasteiger partial charge on any atom is -0.328 e. The second-order valence-electron chi connectivity index (χ2n) is 6.25. The third-order valence-corrected chi connectivity index (χ3v) is 7.69. The van der Waals surface area contributed by atoms with Gasteiger partial charge in [0.15, 0.2) is 0 Å². The van der Waals surface area contributed by atoms with Crippen LogP contribution in [0, 0.1) is 5.92 Å². The molecule has 1 heterocycles. The molecule has 0 aromatic carbocycles. The molecule has 2 N–H and O–H groups in total. The Hall–Kier alpha value is -0.000000000000000111. The lowest BCUT2D eigenvalue weighted by atomic mass is 9.85. The molecule has 0 aromatic rings. The lowest BCUT2D eigenvalue weighted by molar-refractivity contribution is -0.131. The van der Waals surface area contributed by atoms with Gasteiger partial charge in [0, 0.05) is 22.6 Å². The molecule has 0 spiro atoms. The van der Waals surface area contributed by atoms with Crippen LogP contribution in [-0.4, -0.2) is 38.7 Å². The molecule has 108 valence electrons. The van der Waals surface area contributed by atoms with Crippen molar-refractivity contribution in [1.29, 1.82) is 0 Å². The van der Waals surface area contributed by atoms with E-state index in [1.807, 2.05) is 0 Å². The van der Waals surface area contributed by atoms with E-state index in [1.165, 1.54) is 0 Å². The van der Waals surface area contributed by atoms with E-state index in [0.29, 0.717) is 22.4 Å². The van der Waals surface area contributed by atoms with Crippen molar-refractivity contribution >= 4 is 35.1 Å². The molecule has 4 atom stereocenters. The Morgan fingerprint density at radius 3 is 2.58 bits per heavy atom. The van der Waals surface area contributed by atoms with Gasteiger partial charge in [-0.05, 0) is 44.9 Å². The van der Waals surface area contributed by atoms with Gasteiger partial charge in [-0.15, -0.1) is 0 Å². The fourth-order valence-corrected chi connectivity index (χ4v) is 6.48. The first-order valence-corrected chi connectivity index (χ1v) is 9.30. The van der Waals surface area contributed by atoms with Crippen LogP contribution in [0.25, 0.3) is 0 Å². The van der Waals surface area contributed by atoms with E-state index >= 15 is 0 Å². The summed E-state index contributed by atoms with van der Waals surface area (Å²) >= 11 is 4.55. The van der Waals surface area contributed by atoms with Crippen molar-refractivity contribution in [2.75, 3.05) is 0 Å². The number of nitrogens with two attached hydrogens (primary N) is 1. The highest BCUT2D eigenvalue weighted by Gasteiger charge is 2.47. The van der Waals surface area contributed by atoms with Crippen LogP contribution in [0.2, 0.25) is 0 Å². The van der Waals surface area contributed by atoms with Crippen LogP contribution in [0.15, 0.2) is 0 Å². The van der Waals surface area contributed by atoms with E-state index in [4.69, 9.17) is 5.73 Å². The number of fused-ring (bicyclic) bond motifs is 1. The number of thiol groups is 1. The zero-order valence-electron chi connectivity index (χ0n) is 11.3. The van der Waals surface area contributed by atoms with E-state index in [2.05, 4.69) is 22.8 Å². The highest BCUT2D eigenvalue weighted by atomic mass is 32.2. The van der Waals surface area contributed by atoms with Crippen molar-refractivity contribution in [3.05, 3.63) is 0 Å². The molecule has 3 aliphatic rings. The minimum absolute atomic E-state index is 0.158. The fourth-order valence-electron chi connectivity index (χ4n) is 3.83. The van der Waals surface area contributed by atoms with Gasteiger partial charge in [0.25, 0.3) is 0 Å². The van der Waals surface area contributed by atoms with Crippen LogP contribution in [0.5, 0.6) is 0 Å². The van der Waals surface area contributed by atoms with Crippen molar-refractivity contribution in [2.45, 2.75) is 67.5 Å². The zero-order chi connectivity index (χ0) is 13.6. The van der Waals surface area contributed by atoms with Gasteiger partial charge in [0.2, 0.25) is 5.91 Å². The van der Waals surface area contributed by atoms with Crippen molar-refractivity contribution in [3.63, 3.8) is 0 Å². The smallest absolute Gasteiger partial charge is 0.236 e. The molecular formula is C14H24N2OS2. The SMILES string of the molecule is C=S1C2CC(N)CCC2C(=O)N1C1CCC(S)CC1. The Labute approximate surface area is 123 Å². The number of carbonyl (C=O) groups is 1. The van der Waals surface area contributed by atoms with Gasteiger partial charge >= 0.3 is 0 Å². The second-order valence-corrected chi connectivity index (χ2v) is 8.78. The van der Waals surface area contributed by atoms with Crippen LogP contribution in [0.1, 0.15) is 44.9 Å². The Morgan fingerprint density at radius 2 is 1.89 bits per heavy atom. The first-order chi connectivity index (χ1) is 9.08. The van der Waals surface area contributed by atoms with Crippen molar-refractivity contribution in [3.8, 4) is 0 Å². The van der Waals surface area contributed by atoms with Crippen LogP contribution in [0.4, 0.5) is 0 Å². The van der Waals surface area contributed by atoms with Gasteiger partial charge in [0.05, 0.1) is 5.92 Å². The molecular weight excluding hydrogens is 276 g/mol. The molecule has 4 unspecified atom stereocenters. The minimum atomic E-state index is -0.158. The van der Waals surface area contributed by atoms with E-state index in [-0.39, 0.29) is 22.6 Å². The summed E-state index contributed by atoms with van der Waals surface area (Å²) in [4.78, 5) is 12.7. The topological polar surface area (TPSA) is 46.3 Å². The van der Waals surface area contributed by atoms with Crippen LogP contribution >= 0.6 is 23.3 Å². The van der Waals surface area contributed by atoms with Crippen molar-refractivity contribution < 1.29 is 4.79 Å². The Morgan fingerprint density at radius 1 is 1.21 bits per heavy atom. The van der Waals surface area contributed by atoms with Crippen molar-refractivity contribution in [1.82, 2.24) is 4.31 Å². The molecule has 0 bridgehead atoms. The summed E-state index contributed by atoms with van der Waals surface area (Å²) in [7, 11) is -0.158. The molecule has 3 fully saturated rings. The van der Waals surface area contributed by atoms with Crippen LogP contribution in [0.3, 0.4) is 0 Å². The number of hydrogen-bond acceptors (Lipinski definition) is 3. The number of hydrogen-bond donors (Lipinski definition) is 2. The molecule has 3 nitrogen and oxygen atoms in total. The summed E-state index contributed by atoms with van der Waals surface area (Å²) < 4.78 is 2.15. The molecule has 3 rings (SSSR count). The highest BCUT2D eigenvalue weighted by Crippen LogP contribution is 2.49. The zero-order valence-corrected chi connectivity index (χ0v) is 13.0. The first-order valence-electron chi connectivity index (χ1n) is 7.37. The van der Waals surface area contributed by atoms with E-state index in [9.17, 15) is 4.79 Å². The van der Waals surface area contributed by atoms with E-state index in [0.717, 1.165) is 44.9 Å². The maximum absolute atomic E-state index is 12.7. The van der Waals surface area contributed by atoms with Gasteiger partial charge in [-0.25, -0.2) is 0 Å². The summed E-state index contributed by atoms with van der Waals surface area (Å²) in [5, 5.41) is 0.946. The quantitative estimate of drug-likeness (QED) is 0.576. The molecule has 0 radical (unpaired) electrons. The Balaban J connectivity index is 1.75. The molecule has 2 saturated carbocycles. The van der Waals surface area contributed by atoms with Gasteiger partial charge < -0.3 is 5.73 Å². The van der Waals surface area contributed by atoms with Gasteiger partial charge in [0.1, 0.15) is 0 Å². The van der Waals surface area contributed by atoms with Gasteiger partial charge in [-0.2, -0.15) is 12.6 Å². The molecule has 1 amide bonds. The molecule has 0 aromatic heterocycles. The number of rotatable bonds is 1. The molecule has 1 saturated heterocycles. The second kappa shape index (κ2) is 5.41. The van der Waals surface area contributed by atoms with E-state index in [1.54, 1.807) is 0 Å².